The van der Waals surface area contributed by atoms with Gasteiger partial charge in [-0.05, 0) is 0 Å². The van der Waals surface area contributed by atoms with Crippen molar-refractivity contribution < 1.29 is 10.2 Å². The van der Waals surface area contributed by atoms with Crippen molar-refractivity contribution in [2.75, 3.05) is 6.61 Å². The summed E-state index contributed by atoms with van der Waals surface area (Å²) in [5, 5.41) is 19.4. The Morgan fingerprint density at radius 1 is 1.17 bits per heavy atom. The Hall–Kier alpha value is 0.903. The fourth-order valence-corrected chi connectivity index (χ4v) is 0. The first kappa shape index (κ1) is 18.6. The Morgan fingerprint density at radius 3 is 1.25 bits per heavy atom. The number of hydrogen-bond acceptors (Lipinski definition) is 2. The molecule has 0 saturated heterocycles. The molecular weight excluding hydrogens is 180 g/mol. The molecule has 0 unspecified atom stereocenters. The monoisotopic (exact) mass is 200 g/mol. The van der Waals surface area contributed by atoms with E-state index in [0.29, 0.717) is 0 Å². The van der Waals surface area contributed by atoms with Crippen LogP contribution < -0.4 is 10.2 Å². The van der Waals surface area contributed by atoms with E-state index < -0.39 is 13.3 Å². The summed E-state index contributed by atoms with van der Waals surface area (Å²) in [7, 11) is -1.41. The van der Waals surface area contributed by atoms with Crippen molar-refractivity contribution in [2.45, 2.75) is 45.6 Å². The summed E-state index contributed by atoms with van der Waals surface area (Å²) < 4.78 is 0. The van der Waals surface area contributed by atoms with Crippen molar-refractivity contribution in [3.63, 3.8) is 0 Å². The Labute approximate surface area is 93.5 Å². The standard InChI is InChI=1S/C6H15OSi.C2H5O.Mg/c1-6(2,7)8(3,4)5;1-2-3;/h1-5H3;2H2,1H3;/q2*-1;+2. The first-order valence-corrected chi connectivity index (χ1v) is 7.45. The molecule has 0 aromatic rings. The van der Waals surface area contributed by atoms with Crippen molar-refractivity contribution in [3.8, 4) is 0 Å². The number of rotatable bonds is 1. The predicted molar refractivity (Wildman–Crippen MR) is 53.7 cm³/mol. The summed E-state index contributed by atoms with van der Waals surface area (Å²) in [6.07, 6.45) is 0. The second-order valence-corrected chi connectivity index (χ2v) is 9.75. The molecule has 0 spiro atoms. The molecule has 0 rings (SSSR count). The molecule has 0 aliphatic rings. The van der Waals surface area contributed by atoms with Crippen molar-refractivity contribution in [3.05, 3.63) is 0 Å². The summed E-state index contributed by atoms with van der Waals surface area (Å²) >= 11 is 0. The van der Waals surface area contributed by atoms with Gasteiger partial charge in [0.25, 0.3) is 0 Å². The molecule has 0 N–H and O–H groups in total. The zero-order chi connectivity index (χ0) is 9.71. The van der Waals surface area contributed by atoms with E-state index in [4.69, 9.17) is 5.11 Å². The van der Waals surface area contributed by atoms with Gasteiger partial charge in [0.1, 0.15) is 0 Å². The predicted octanol–water partition coefficient (Wildman–Crippen LogP) is -0.0115. The fraction of sp³-hybridized carbons (Fsp3) is 1.00. The summed E-state index contributed by atoms with van der Waals surface area (Å²) in [4.78, 5) is 0. The van der Waals surface area contributed by atoms with Gasteiger partial charge >= 0.3 is 23.1 Å². The molecule has 0 bridgehead atoms. The topological polar surface area (TPSA) is 46.1 Å². The molecule has 0 aliphatic heterocycles. The first-order valence-electron chi connectivity index (χ1n) is 3.95. The SMILES string of the molecule is CC(C)([O-])[Si](C)(C)C.CC[O-].[Mg+2]. The zero-order valence-corrected chi connectivity index (χ0v) is 11.6. The second kappa shape index (κ2) is 7.32. The molecule has 70 valence electrons. The summed E-state index contributed by atoms with van der Waals surface area (Å²) in [5.74, 6) is 0. The molecule has 12 heavy (non-hydrogen) atoms. The van der Waals surface area contributed by atoms with Gasteiger partial charge in [0.15, 0.2) is 0 Å². The Kier molecular flexibility index (Phi) is 11.4. The molecule has 0 aromatic heterocycles. The van der Waals surface area contributed by atoms with Crippen LogP contribution in [0.15, 0.2) is 0 Å². The molecule has 0 saturated carbocycles. The van der Waals surface area contributed by atoms with E-state index in [1.54, 1.807) is 20.8 Å². The van der Waals surface area contributed by atoms with Crippen LogP contribution in [0, 0.1) is 0 Å². The maximum atomic E-state index is 11.2. The van der Waals surface area contributed by atoms with Gasteiger partial charge < -0.3 is 10.2 Å². The Bertz CT molecular complexity index is 82.2. The van der Waals surface area contributed by atoms with Gasteiger partial charge in [-0.2, -0.15) is 0 Å². The third-order valence-electron chi connectivity index (χ3n) is 1.81. The maximum Gasteiger partial charge on any atom is 2.00 e. The van der Waals surface area contributed by atoms with Crippen LogP contribution in [0.25, 0.3) is 0 Å². The molecule has 0 amide bonds. The first-order chi connectivity index (χ1) is 4.66. The van der Waals surface area contributed by atoms with Crippen molar-refractivity contribution in [1.29, 1.82) is 0 Å². The second-order valence-electron chi connectivity index (χ2n) is 4.05. The minimum absolute atomic E-state index is 0. The smallest absolute Gasteiger partial charge is 0.855 e. The van der Waals surface area contributed by atoms with Crippen LogP contribution in [0.3, 0.4) is 0 Å². The van der Waals surface area contributed by atoms with Crippen LogP contribution in [-0.2, 0) is 0 Å². The van der Waals surface area contributed by atoms with Crippen LogP contribution in [0.1, 0.15) is 20.8 Å². The zero-order valence-electron chi connectivity index (χ0n) is 9.23. The van der Waals surface area contributed by atoms with E-state index in [1.165, 1.54) is 0 Å². The van der Waals surface area contributed by atoms with Gasteiger partial charge in [-0.1, -0.05) is 40.4 Å². The van der Waals surface area contributed by atoms with Crippen LogP contribution in [0.4, 0.5) is 0 Å². The average molecular weight is 201 g/mol. The van der Waals surface area contributed by atoms with E-state index >= 15 is 0 Å². The van der Waals surface area contributed by atoms with E-state index in [1.807, 2.05) is 0 Å². The average Bonchev–Trinajstić information content (AvgIpc) is 1.60. The van der Waals surface area contributed by atoms with Crippen molar-refractivity contribution in [1.82, 2.24) is 0 Å². The van der Waals surface area contributed by atoms with Gasteiger partial charge in [-0.25, -0.2) is 0 Å². The summed E-state index contributed by atoms with van der Waals surface area (Å²) in [6.45, 7) is 11.4. The van der Waals surface area contributed by atoms with Gasteiger partial charge in [-0.15, -0.1) is 11.8 Å². The third kappa shape index (κ3) is 10.9. The minimum Gasteiger partial charge on any atom is -0.855 e. The molecular formula is C8H20MgO2Si. The van der Waals surface area contributed by atoms with E-state index in [0.717, 1.165) is 0 Å². The van der Waals surface area contributed by atoms with Crippen molar-refractivity contribution in [2.24, 2.45) is 0 Å². The Balaban J connectivity index is -0.000000177. The molecule has 0 fully saturated rings. The minimum atomic E-state index is -1.41. The summed E-state index contributed by atoms with van der Waals surface area (Å²) in [6, 6.07) is 0. The van der Waals surface area contributed by atoms with Gasteiger partial charge in [0, 0.05) is 8.07 Å². The summed E-state index contributed by atoms with van der Waals surface area (Å²) in [5.41, 5.74) is 0. The molecule has 0 radical (unpaired) electrons. The van der Waals surface area contributed by atoms with E-state index in [9.17, 15) is 5.11 Å². The van der Waals surface area contributed by atoms with E-state index in [-0.39, 0.29) is 29.7 Å². The fourth-order valence-electron chi connectivity index (χ4n) is 0. The largest absolute Gasteiger partial charge is 2.00 e. The van der Waals surface area contributed by atoms with Crippen LogP contribution in [0.2, 0.25) is 19.6 Å². The quantitative estimate of drug-likeness (QED) is 0.559. The molecule has 0 aromatic carbocycles. The number of hydrogen-bond donors (Lipinski definition) is 0. The molecule has 2 nitrogen and oxygen atoms in total. The van der Waals surface area contributed by atoms with Crippen LogP contribution in [0.5, 0.6) is 0 Å². The van der Waals surface area contributed by atoms with Crippen LogP contribution in [-0.4, -0.2) is 43.0 Å². The molecule has 0 atom stereocenters. The maximum absolute atomic E-state index is 11.2. The normalized spacial score (nSPS) is 11.0. The van der Waals surface area contributed by atoms with E-state index in [2.05, 4.69) is 19.6 Å². The van der Waals surface area contributed by atoms with Gasteiger partial charge in [0.2, 0.25) is 0 Å². The van der Waals surface area contributed by atoms with Crippen molar-refractivity contribution >= 4 is 31.1 Å². The van der Waals surface area contributed by atoms with Gasteiger partial charge in [0.05, 0.1) is 0 Å². The van der Waals surface area contributed by atoms with Crippen LogP contribution >= 0.6 is 0 Å². The third-order valence-corrected chi connectivity index (χ3v) is 5.42. The molecule has 0 aliphatic carbocycles. The van der Waals surface area contributed by atoms with Gasteiger partial charge in [-0.3, -0.25) is 0 Å². The molecule has 0 heterocycles. The molecule has 4 heteroatoms. The Morgan fingerprint density at radius 2 is 1.25 bits per heavy atom.